The summed E-state index contributed by atoms with van der Waals surface area (Å²) < 4.78 is 0. The topological polar surface area (TPSA) is 66.5 Å². The van der Waals surface area contributed by atoms with Gasteiger partial charge < -0.3 is 19.7 Å². The first-order chi connectivity index (χ1) is 13.1. The average Bonchev–Trinajstić information content (AvgIpc) is 2.97. The molecule has 0 saturated carbocycles. The molecule has 1 aliphatic heterocycles. The van der Waals surface area contributed by atoms with Crippen molar-refractivity contribution in [3.63, 3.8) is 0 Å². The molecule has 1 N–H and O–H groups in total. The minimum atomic E-state index is -0.207. The molecule has 1 aromatic carbocycles. The molecule has 0 aliphatic carbocycles. The van der Waals surface area contributed by atoms with E-state index in [2.05, 4.69) is 12.2 Å². The summed E-state index contributed by atoms with van der Waals surface area (Å²) in [6, 6.07) is 7.09. The molecule has 5 nitrogen and oxygen atoms in total. The van der Waals surface area contributed by atoms with Crippen LogP contribution in [0, 0.1) is 20.3 Å². The van der Waals surface area contributed by atoms with Crippen molar-refractivity contribution < 1.29 is 65.8 Å². The number of anilines is 1. The monoisotopic (exact) mass is 427 g/mol. The minimum absolute atomic E-state index is 0. The maximum atomic E-state index is 12.2. The molecule has 0 radical (unpaired) electrons. The number of amides is 3. The zero-order chi connectivity index (χ0) is 20.2. The van der Waals surface area contributed by atoms with Crippen LogP contribution in [0.5, 0.6) is 0 Å². The van der Waals surface area contributed by atoms with E-state index in [-0.39, 0.29) is 88.9 Å². The molecule has 1 heterocycles. The van der Waals surface area contributed by atoms with Crippen LogP contribution in [0.25, 0.3) is 0 Å². The summed E-state index contributed by atoms with van der Waals surface area (Å²) in [5.41, 5.74) is 1.45. The molecule has 0 bridgehead atoms. The van der Waals surface area contributed by atoms with Gasteiger partial charge in [-0.1, -0.05) is 45.7 Å². The van der Waals surface area contributed by atoms with Crippen molar-refractivity contribution in [2.45, 2.75) is 65.7 Å². The van der Waals surface area contributed by atoms with E-state index in [0.717, 1.165) is 31.2 Å². The van der Waals surface area contributed by atoms with E-state index in [0.29, 0.717) is 25.1 Å². The Morgan fingerprint density at radius 2 is 1.76 bits per heavy atom. The van der Waals surface area contributed by atoms with Gasteiger partial charge in [0, 0.05) is 18.9 Å². The molecule has 0 spiro atoms. The first kappa shape index (κ1) is 30.7. The van der Waals surface area contributed by atoms with Gasteiger partial charge in [0.05, 0.1) is 12.1 Å². The number of unbranched alkanes of at least 4 members (excludes halogenated alkanes) is 3. The van der Waals surface area contributed by atoms with Crippen LogP contribution in [0.4, 0.5) is 5.69 Å². The number of rotatable bonds is 9. The van der Waals surface area contributed by atoms with Crippen LogP contribution in [-0.4, -0.2) is 24.3 Å². The molecule has 2 rings (SSSR count). The number of benzene rings is 1. The Kier molecular flexibility index (Phi) is 18.2. The largest absolute Gasteiger partial charge is 1.00 e. The van der Waals surface area contributed by atoms with E-state index < -0.39 is 0 Å². The fourth-order valence-corrected chi connectivity index (χ4v) is 3.00. The van der Waals surface area contributed by atoms with E-state index in [9.17, 15) is 14.4 Å². The summed E-state index contributed by atoms with van der Waals surface area (Å²) in [4.78, 5) is 37.5. The molecule has 1 atom stereocenters. The van der Waals surface area contributed by atoms with Gasteiger partial charge in [-0.2, -0.15) is 6.42 Å². The van der Waals surface area contributed by atoms with Crippen LogP contribution < -0.4 is 61.6 Å². The van der Waals surface area contributed by atoms with E-state index in [1.54, 1.807) is 24.3 Å². The fourth-order valence-electron chi connectivity index (χ4n) is 3.00. The summed E-state index contributed by atoms with van der Waals surface area (Å²) in [7, 11) is 0. The minimum Gasteiger partial charge on any atom is -0.358 e. The quantitative estimate of drug-likeness (QED) is 0.281. The van der Waals surface area contributed by atoms with Crippen molar-refractivity contribution in [2.24, 2.45) is 5.92 Å². The van der Waals surface area contributed by atoms with Gasteiger partial charge in [-0.05, 0) is 30.5 Å². The Morgan fingerprint density at radius 3 is 2.28 bits per heavy atom. The van der Waals surface area contributed by atoms with Crippen LogP contribution in [0.2, 0.25) is 0 Å². The Labute approximate surface area is 219 Å². The van der Waals surface area contributed by atoms with Crippen LogP contribution in [0.1, 0.15) is 64.9 Å². The number of hydrogen-bond donors (Lipinski definition) is 1. The molecule has 6 heteroatoms. The Hall–Kier alpha value is -0.534. The van der Waals surface area contributed by atoms with Gasteiger partial charge >= 0.3 is 51.4 Å². The third-order valence-corrected chi connectivity index (χ3v) is 4.54. The van der Waals surface area contributed by atoms with Crippen molar-refractivity contribution in [2.75, 3.05) is 11.4 Å². The molecule has 158 valence electrons. The third kappa shape index (κ3) is 9.88. The summed E-state index contributed by atoms with van der Waals surface area (Å²) in [5.74, 6) is -0.493. The molecule has 1 unspecified atom stereocenters. The maximum Gasteiger partial charge on any atom is 1.00 e. The number of hydrogen-bond acceptors (Lipinski definition) is 3. The van der Waals surface area contributed by atoms with Gasteiger partial charge in [-0.3, -0.25) is 19.3 Å². The van der Waals surface area contributed by atoms with E-state index in [1.807, 2.05) is 20.8 Å². The van der Waals surface area contributed by atoms with Crippen LogP contribution >= 0.6 is 0 Å². The number of nitrogens with zero attached hydrogens (tertiary/aromatic N) is 1. The van der Waals surface area contributed by atoms with Crippen LogP contribution in [0.15, 0.2) is 24.3 Å². The molecular formula is C23H36KN2O3-. The normalized spacial score (nSPS) is 15.0. The number of nitrogens with one attached hydrogen (secondary N) is 1. The molecule has 1 aromatic rings. The van der Waals surface area contributed by atoms with Crippen molar-refractivity contribution >= 4 is 23.4 Å². The zero-order valence-electron chi connectivity index (χ0n) is 18.9. The standard InChI is InChI=1S/C20H27N2O3.C2H6.CH3.K/c1-3-5-6-7-12-21-18(23)13-15-8-10-17(11-9-15)22-19(24)14-16(4-2)20(22)25;1-2;;/h8-11,16H,1,3-7,12-14H2,2H3,(H,21,23);1-2H3;1H3;/q-1;;-1;+1. The summed E-state index contributed by atoms with van der Waals surface area (Å²) in [6.07, 6.45) is 5.33. The van der Waals surface area contributed by atoms with E-state index in [1.165, 1.54) is 4.90 Å². The van der Waals surface area contributed by atoms with Gasteiger partial charge in [0.1, 0.15) is 0 Å². The molecule has 29 heavy (non-hydrogen) atoms. The number of imide groups is 1. The van der Waals surface area contributed by atoms with Crippen molar-refractivity contribution in [1.82, 2.24) is 5.32 Å². The van der Waals surface area contributed by atoms with Gasteiger partial charge in [-0.15, -0.1) is 0 Å². The van der Waals surface area contributed by atoms with Crippen LogP contribution in [-0.2, 0) is 20.8 Å². The van der Waals surface area contributed by atoms with Crippen molar-refractivity contribution in [3.8, 4) is 0 Å². The Bertz CT molecular complexity index is 617. The Morgan fingerprint density at radius 1 is 1.14 bits per heavy atom. The summed E-state index contributed by atoms with van der Waals surface area (Å²) in [6.45, 7) is 10.4. The molecular weight excluding hydrogens is 391 g/mol. The predicted molar refractivity (Wildman–Crippen MR) is 116 cm³/mol. The van der Waals surface area contributed by atoms with Crippen molar-refractivity contribution in [1.29, 1.82) is 0 Å². The second-order valence-corrected chi connectivity index (χ2v) is 6.48. The smallest absolute Gasteiger partial charge is 0.358 e. The molecule has 3 amide bonds. The summed E-state index contributed by atoms with van der Waals surface area (Å²) in [5, 5.41) is 2.91. The second-order valence-electron chi connectivity index (χ2n) is 6.48. The van der Waals surface area contributed by atoms with E-state index >= 15 is 0 Å². The zero-order valence-corrected chi connectivity index (χ0v) is 22.0. The first-order valence-corrected chi connectivity index (χ1v) is 10.1. The third-order valence-electron chi connectivity index (χ3n) is 4.54. The van der Waals surface area contributed by atoms with Gasteiger partial charge in [0.15, 0.2) is 0 Å². The fraction of sp³-hybridized carbons (Fsp3) is 0.522. The average molecular weight is 428 g/mol. The van der Waals surface area contributed by atoms with E-state index in [4.69, 9.17) is 0 Å². The van der Waals surface area contributed by atoms with Gasteiger partial charge in [-0.25, -0.2) is 0 Å². The molecule has 1 saturated heterocycles. The molecule has 0 aromatic heterocycles. The Balaban J connectivity index is 0. The van der Waals surface area contributed by atoms with Gasteiger partial charge in [0.25, 0.3) is 0 Å². The number of carbonyl (C=O) groups is 3. The van der Waals surface area contributed by atoms with Crippen molar-refractivity contribution in [3.05, 3.63) is 44.2 Å². The molecule has 1 aliphatic rings. The number of carbonyl (C=O) groups excluding carboxylic acids is 3. The predicted octanol–water partition coefficient (Wildman–Crippen LogP) is 1.51. The second kappa shape index (κ2) is 17.2. The first-order valence-electron chi connectivity index (χ1n) is 10.1. The SMILES string of the molecule is CC.[CH2-]CCCCCNC(=O)Cc1ccc(N2C(=O)CC(CC)C2=O)cc1.[CH3-].[K+]. The summed E-state index contributed by atoms with van der Waals surface area (Å²) >= 11 is 0. The van der Waals surface area contributed by atoms with Crippen LogP contribution in [0.3, 0.4) is 0 Å². The maximum absolute atomic E-state index is 12.2. The van der Waals surface area contributed by atoms with Gasteiger partial charge in [0.2, 0.25) is 17.7 Å². The molecule has 1 fully saturated rings.